The van der Waals surface area contributed by atoms with Crippen molar-refractivity contribution in [1.82, 2.24) is 19.9 Å². The molecule has 122 valence electrons. The third-order valence-corrected chi connectivity index (χ3v) is 3.91. The van der Waals surface area contributed by atoms with Crippen molar-refractivity contribution in [3.63, 3.8) is 0 Å². The first-order valence-electron chi connectivity index (χ1n) is 6.78. The monoisotopic (exact) mass is 336 g/mol. The molecule has 2 rings (SSSR count). The van der Waals surface area contributed by atoms with Gasteiger partial charge in [-0.25, -0.2) is 4.39 Å². The lowest BCUT2D eigenvalue weighted by atomic mass is 10.2. The normalized spacial score (nSPS) is 12.0. The second kappa shape index (κ2) is 7.23. The molecule has 0 aliphatic carbocycles. The lowest BCUT2D eigenvalue weighted by Crippen LogP contribution is -2.33. The molecule has 1 aromatic heterocycles. The fourth-order valence-electron chi connectivity index (χ4n) is 1.95. The number of hydrogen-bond acceptors (Lipinski definition) is 7. The number of hydrogen-bond donors (Lipinski definition) is 2. The van der Waals surface area contributed by atoms with E-state index in [4.69, 9.17) is 11.5 Å². The number of nitrogens with zero attached hydrogens (tertiary/aromatic N) is 4. The second-order valence-corrected chi connectivity index (χ2v) is 6.23. The van der Waals surface area contributed by atoms with Gasteiger partial charge in [0, 0.05) is 13.6 Å². The highest BCUT2D eigenvalue weighted by Crippen LogP contribution is 2.22. The number of carbonyl (C=O) groups excluding carboxylic acids is 1. The van der Waals surface area contributed by atoms with Crippen LogP contribution in [0.5, 0.6) is 0 Å². The van der Waals surface area contributed by atoms with Crippen molar-refractivity contribution < 1.29 is 9.18 Å². The largest absolute Gasteiger partial charge is 0.368 e. The number of aromatic nitrogens is 3. The first kappa shape index (κ1) is 16.9. The molecule has 0 bridgehead atoms. The topological polar surface area (TPSA) is 111 Å². The first-order valence-corrected chi connectivity index (χ1v) is 7.66. The molecule has 7 nitrogen and oxygen atoms in total. The number of halogens is 1. The van der Waals surface area contributed by atoms with Crippen LogP contribution in [-0.4, -0.2) is 38.1 Å². The van der Waals surface area contributed by atoms with Crippen LogP contribution < -0.4 is 11.5 Å². The van der Waals surface area contributed by atoms with Crippen molar-refractivity contribution in [3.8, 4) is 0 Å². The van der Waals surface area contributed by atoms with Gasteiger partial charge in [0.05, 0.1) is 5.25 Å². The standard InChI is InChI=1S/C14H17FN6OS/c1-8(23-14-19-12(16)18-13(17)20-14)11(22)21(2)7-9-4-3-5-10(15)6-9/h3-6,8H,7H2,1-2H3,(H4,16,17,18,19,20)/t8-/m1/s1. The van der Waals surface area contributed by atoms with Gasteiger partial charge in [0.25, 0.3) is 0 Å². The van der Waals surface area contributed by atoms with Crippen molar-refractivity contribution >= 4 is 29.6 Å². The number of carbonyl (C=O) groups is 1. The van der Waals surface area contributed by atoms with E-state index in [1.165, 1.54) is 17.0 Å². The Kier molecular flexibility index (Phi) is 5.32. The highest BCUT2D eigenvalue weighted by atomic mass is 32.2. The molecule has 9 heteroatoms. The average Bonchev–Trinajstić information content (AvgIpc) is 2.45. The third kappa shape index (κ3) is 4.78. The highest BCUT2D eigenvalue weighted by molar-refractivity contribution is 8.00. The van der Waals surface area contributed by atoms with Crippen LogP contribution in [0.2, 0.25) is 0 Å². The summed E-state index contributed by atoms with van der Waals surface area (Å²) in [6.07, 6.45) is 0. The average molecular weight is 336 g/mol. The Morgan fingerprint density at radius 1 is 1.30 bits per heavy atom. The van der Waals surface area contributed by atoms with Crippen molar-refractivity contribution in [3.05, 3.63) is 35.6 Å². The minimum Gasteiger partial charge on any atom is -0.368 e. The summed E-state index contributed by atoms with van der Waals surface area (Å²) in [6, 6.07) is 6.13. The lowest BCUT2D eigenvalue weighted by Gasteiger charge is -2.20. The number of nitrogen functional groups attached to an aromatic ring is 2. The van der Waals surface area contributed by atoms with Crippen LogP contribution in [0.25, 0.3) is 0 Å². The molecule has 4 N–H and O–H groups in total. The van der Waals surface area contributed by atoms with Gasteiger partial charge in [-0.2, -0.15) is 15.0 Å². The summed E-state index contributed by atoms with van der Waals surface area (Å²) < 4.78 is 13.2. The van der Waals surface area contributed by atoms with Crippen LogP contribution in [0.1, 0.15) is 12.5 Å². The zero-order chi connectivity index (χ0) is 17.0. The van der Waals surface area contributed by atoms with Crippen LogP contribution in [0.15, 0.2) is 29.4 Å². The van der Waals surface area contributed by atoms with Gasteiger partial charge in [0.15, 0.2) is 5.16 Å². The minimum atomic E-state index is -0.449. The van der Waals surface area contributed by atoms with Crippen LogP contribution >= 0.6 is 11.8 Å². The summed E-state index contributed by atoms with van der Waals surface area (Å²) in [6.45, 7) is 2.04. The molecule has 2 aromatic rings. The maximum absolute atomic E-state index is 13.2. The fraction of sp³-hybridized carbons (Fsp3) is 0.286. The van der Waals surface area contributed by atoms with Gasteiger partial charge in [-0.05, 0) is 24.6 Å². The Labute approximate surface area is 137 Å². The Bertz CT molecular complexity index is 693. The third-order valence-electron chi connectivity index (χ3n) is 2.96. The van der Waals surface area contributed by atoms with E-state index in [0.717, 1.165) is 11.8 Å². The van der Waals surface area contributed by atoms with Crippen LogP contribution in [0.3, 0.4) is 0 Å². The van der Waals surface area contributed by atoms with Crippen molar-refractivity contribution in [2.24, 2.45) is 0 Å². The van der Waals surface area contributed by atoms with E-state index >= 15 is 0 Å². The van der Waals surface area contributed by atoms with E-state index in [9.17, 15) is 9.18 Å². The number of thioether (sulfide) groups is 1. The molecule has 0 saturated heterocycles. The Balaban J connectivity index is 2.00. The zero-order valence-corrected chi connectivity index (χ0v) is 13.5. The van der Waals surface area contributed by atoms with Gasteiger partial charge in [-0.3, -0.25) is 4.79 Å². The van der Waals surface area contributed by atoms with E-state index < -0.39 is 5.25 Å². The maximum Gasteiger partial charge on any atom is 0.235 e. The van der Waals surface area contributed by atoms with E-state index in [1.54, 1.807) is 26.1 Å². The van der Waals surface area contributed by atoms with E-state index in [1.807, 2.05) is 0 Å². The Hall–Kier alpha value is -2.42. The predicted molar refractivity (Wildman–Crippen MR) is 86.8 cm³/mol. The highest BCUT2D eigenvalue weighted by Gasteiger charge is 2.20. The van der Waals surface area contributed by atoms with Gasteiger partial charge >= 0.3 is 0 Å². The zero-order valence-electron chi connectivity index (χ0n) is 12.7. The maximum atomic E-state index is 13.2. The molecule has 0 radical (unpaired) electrons. The molecule has 0 unspecified atom stereocenters. The molecular weight excluding hydrogens is 319 g/mol. The number of nitrogens with two attached hydrogens (primary N) is 2. The SMILES string of the molecule is C[C@@H](Sc1nc(N)nc(N)n1)C(=O)N(C)Cc1cccc(F)c1. The van der Waals surface area contributed by atoms with Crippen molar-refractivity contribution in [1.29, 1.82) is 0 Å². The van der Waals surface area contributed by atoms with Crippen LogP contribution in [0.4, 0.5) is 16.3 Å². The van der Waals surface area contributed by atoms with E-state index in [2.05, 4.69) is 15.0 Å². The van der Waals surface area contributed by atoms with E-state index in [0.29, 0.717) is 12.1 Å². The van der Waals surface area contributed by atoms with Crippen LogP contribution in [-0.2, 0) is 11.3 Å². The first-order chi connectivity index (χ1) is 10.8. The van der Waals surface area contributed by atoms with Crippen molar-refractivity contribution in [2.45, 2.75) is 23.9 Å². The van der Waals surface area contributed by atoms with E-state index in [-0.39, 0.29) is 28.8 Å². The van der Waals surface area contributed by atoms with Gasteiger partial charge in [0.1, 0.15) is 5.82 Å². The molecule has 1 heterocycles. The molecule has 0 fully saturated rings. The summed E-state index contributed by atoms with van der Waals surface area (Å²) in [7, 11) is 1.65. The molecule has 0 saturated carbocycles. The molecule has 1 atom stereocenters. The summed E-state index contributed by atoms with van der Waals surface area (Å²) in [4.78, 5) is 25.4. The molecule has 23 heavy (non-hydrogen) atoms. The summed E-state index contributed by atoms with van der Waals surface area (Å²) >= 11 is 1.13. The van der Waals surface area contributed by atoms with Gasteiger partial charge in [0.2, 0.25) is 17.8 Å². The smallest absolute Gasteiger partial charge is 0.235 e. The van der Waals surface area contributed by atoms with Gasteiger partial charge in [-0.15, -0.1) is 0 Å². The van der Waals surface area contributed by atoms with Crippen molar-refractivity contribution in [2.75, 3.05) is 18.5 Å². The molecule has 0 aliphatic rings. The van der Waals surface area contributed by atoms with Gasteiger partial charge in [-0.1, -0.05) is 23.9 Å². The molecule has 1 aromatic carbocycles. The molecule has 0 spiro atoms. The number of amides is 1. The number of benzene rings is 1. The summed E-state index contributed by atoms with van der Waals surface area (Å²) in [5, 5.41) is -0.162. The molecule has 1 amide bonds. The Morgan fingerprint density at radius 3 is 2.57 bits per heavy atom. The number of rotatable bonds is 5. The summed E-state index contributed by atoms with van der Waals surface area (Å²) in [5.41, 5.74) is 11.7. The minimum absolute atomic E-state index is 0.00719. The fourth-order valence-corrected chi connectivity index (χ4v) is 2.84. The van der Waals surface area contributed by atoms with Crippen LogP contribution in [0, 0.1) is 5.82 Å². The van der Waals surface area contributed by atoms with Gasteiger partial charge < -0.3 is 16.4 Å². The quantitative estimate of drug-likeness (QED) is 0.792. The number of anilines is 2. The molecule has 0 aliphatic heterocycles. The summed E-state index contributed by atoms with van der Waals surface area (Å²) in [5.74, 6) is -0.459. The molecular formula is C14H17FN6OS. The Morgan fingerprint density at radius 2 is 1.96 bits per heavy atom. The lowest BCUT2D eigenvalue weighted by molar-refractivity contribution is -0.129. The predicted octanol–water partition coefficient (Wildman–Crippen LogP) is 1.31. The second-order valence-electron chi connectivity index (χ2n) is 4.92.